The molecule has 1 aliphatic rings. The molecule has 184 valence electrons. The van der Waals surface area contributed by atoms with Crippen molar-refractivity contribution >= 4 is 23.2 Å². The SMILES string of the molecule is Cc1cccc(C2CCCN2C(=O)[C@H](O)[C@@H](O)C(=O)NCc2cc(Cc3ccc(F)cc3)cs2)c1. The van der Waals surface area contributed by atoms with E-state index >= 15 is 0 Å². The lowest BCUT2D eigenvalue weighted by Gasteiger charge is -2.28. The van der Waals surface area contributed by atoms with Gasteiger partial charge < -0.3 is 20.4 Å². The van der Waals surface area contributed by atoms with Gasteiger partial charge in [-0.25, -0.2) is 4.39 Å². The van der Waals surface area contributed by atoms with Crippen LogP contribution in [0.4, 0.5) is 4.39 Å². The van der Waals surface area contributed by atoms with Crippen LogP contribution in [0.5, 0.6) is 0 Å². The van der Waals surface area contributed by atoms with Gasteiger partial charge in [0.15, 0.2) is 12.2 Å². The number of nitrogens with one attached hydrogen (secondary N) is 1. The summed E-state index contributed by atoms with van der Waals surface area (Å²) in [5.74, 6) is -1.72. The largest absolute Gasteiger partial charge is 0.380 e. The van der Waals surface area contributed by atoms with E-state index in [4.69, 9.17) is 0 Å². The van der Waals surface area contributed by atoms with Gasteiger partial charge >= 0.3 is 0 Å². The van der Waals surface area contributed by atoms with Crippen molar-refractivity contribution in [3.8, 4) is 0 Å². The van der Waals surface area contributed by atoms with Crippen molar-refractivity contribution in [2.24, 2.45) is 0 Å². The van der Waals surface area contributed by atoms with Gasteiger partial charge in [0.05, 0.1) is 12.6 Å². The van der Waals surface area contributed by atoms with E-state index in [1.54, 1.807) is 17.0 Å². The molecule has 0 saturated carbocycles. The summed E-state index contributed by atoms with van der Waals surface area (Å²) in [5, 5.41) is 25.4. The number of amides is 2. The molecule has 4 rings (SSSR count). The Morgan fingerprint density at radius 1 is 1.11 bits per heavy atom. The Morgan fingerprint density at radius 2 is 1.89 bits per heavy atom. The van der Waals surface area contributed by atoms with Crippen molar-refractivity contribution in [1.29, 1.82) is 0 Å². The van der Waals surface area contributed by atoms with E-state index in [1.807, 2.05) is 42.6 Å². The topological polar surface area (TPSA) is 89.9 Å². The number of carbonyl (C=O) groups excluding carboxylic acids is 2. The van der Waals surface area contributed by atoms with Crippen molar-refractivity contribution in [3.63, 3.8) is 0 Å². The minimum atomic E-state index is -1.86. The molecule has 3 aromatic rings. The average molecular weight is 497 g/mol. The molecule has 2 heterocycles. The van der Waals surface area contributed by atoms with Crippen molar-refractivity contribution in [3.05, 3.63) is 92.9 Å². The molecule has 1 unspecified atom stereocenters. The maximum atomic E-state index is 13.1. The highest BCUT2D eigenvalue weighted by Gasteiger charge is 2.38. The van der Waals surface area contributed by atoms with Crippen LogP contribution in [0.3, 0.4) is 0 Å². The smallest absolute Gasteiger partial charge is 0.255 e. The molecule has 1 aromatic heterocycles. The zero-order chi connectivity index (χ0) is 24.9. The Hall–Kier alpha value is -3.07. The average Bonchev–Trinajstić information content (AvgIpc) is 3.52. The van der Waals surface area contributed by atoms with Crippen LogP contribution in [0.25, 0.3) is 0 Å². The van der Waals surface area contributed by atoms with Gasteiger partial charge in [-0.1, -0.05) is 42.0 Å². The maximum Gasteiger partial charge on any atom is 0.255 e. The van der Waals surface area contributed by atoms with E-state index in [0.29, 0.717) is 13.0 Å². The molecule has 8 heteroatoms. The monoisotopic (exact) mass is 496 g/mol. The highest BCUT2D eigenvalue weighted by atomic mass is 32.1. The first kappa shape index (κ1) is 25.0. The fourth-order valence-electron chi connectivity index (χ4n) is 4.43. The Labute approximate surface area is 208 Å². The molecule has 1 aliphatic heterocycles. The number of aliphatic hydroxyl groups excluding tert-OH is 2. The number of nitrogens with zero attached hydrogens (tertiary/aromatic N) is 1. The number of rotatable bonds is 8. The van der Waals surface area contributed by atoms with Gasteiger partial charge in [0.25, 0.3) is 11.8 Å². The zero-order valence-corrected chi connectivity index (χ0v) is 20.3. The molecule has 0 bridgehead atoms. The van der Waals surface area contributed by atoms with Crippen LogP contribution in [0, 0.1) is 12.7 Å². The third-order valence-electron chi connectivity index (χ3n) is 6.25. The third-order valence-corrected chi connectivity index (χ3v) is 7.24. The molecule has 6 nitrogen and oxygen atoms in total. The molecular weight excluding hydrogens is 467 g/mol. The van der Waals surface area contributed by atoms with Gasteiger partial charge in [0.2, 0.25) is 0 Å². The predicted octanol–water partition coefficient (Wildman–Crippen LogP) is 3.49. The summed E-state index contributed by atoms with van der Waals surface area (Å²) in [6, 6.07) is 15.9. The van der Waals surface area contributed by atoms with Crippen LogP contribution in [-0.2, 0) is 22.6 Å². The van der Waals surface area contributed by atoms with Crippen molar-refractivity contribution < 1.29 is 24.2 Å². The Balaban J connectivity index is 1.31. The Kier molecular flexibility index (Phi) is 7.95. The lowest BCUT2D eigenvalue weighted by Crippen LogP contribution is -2.50. The summed E-state index contributed by atoms with van der Waals surface area (Å²) in [5.41, 5.74) is 4.06. The summed E-state index contributed by atoms with van der Waals surface area (Å²) in [7, 11) is 0. The van der Waals surface area contributed by atoms with Gasteiger partial charge in [0.1, 0.15) is 5.82 Å². The first-order chi connectivity index (χ1) is 16.8. The molecule has 2 amide bonds. The molecule has 1 saturated heterocycles. The van der Waals surface area contributed by atoms with Crippen molar-refractivity contribution in [2.45, 2.75) is 51.0 Å². The number of aryl methyl sites for hydroxylation is 1. The van der Waals surface area contributed by atoms with Crippen LogP contribution in [0.1, 0.15) is 46.0 Å². The van der Waals surface area contributed by atoms with Crippen LogP contribution in [0.15, 0.2) is 60.0 Å². The van der Waals surface area contributed by atoms with E-state index < -0.39 is 24.0 Å². The normalized spacial score (nSPS) is 17.3. The fraction of sp³-hybridized carbons (Fsp3) is 0.333. The van der Waals surface area contributed by atoms with Gasteiger partial charge in [-0.05, 0) is 66.5 Å². The number of aliphatic hydroxyl groups is 2. The number of hydrogen-bond donors (Lipinski definition) is 3. The molecule has 1 fully saturated rings. The number of likely N-dealkylation sites (tertiary alicyclic amines) is 1. The minimum Gasteiger partial charge on any atom is -0.380 e. The molecule has 35 heavy (non-hydrogen) atoms. The number of hydrogen-bond acceptors (Lipinski definition) is 5. The summed E-state index contributed by atoms with van der Waals surface area (Å²) in [4.78, 5) is 27.8. The molecule has 0 aliphatic carbocycles. The van der Waals surface area contributed by atoms with Crippen molar-refractivity contribution in [1.82, 2.24) is 10.2 Å². The molecule has 3 N–H and O–H groups in total. The van der Waals surface area contributed by atoms with E-state index in [-0.39, 0.29) is 18.4 Å². The highest BCUT2D eigenvalue weighted by molar-refractivity contribution is 7.10. The zero-order valence-electron chi connectivity index (χ0n) is 19.5. The van der Waals surface area contributed by atoms with Gasteiger partial charge in [0, 0.05) is 11.4 Å². The van der Waals surface area contributed by atoms with E-state index in [2.05, 4.69) is 5.32 Å². The third kappa shape index (κ3) is 6.14. The molecular formula is C27H29FN2O4S. The summed E-state index contributed by atoms with van der Waals surface area (Å²) < 4.78 is 13.1. The summed E-state index contributed by atoms with van der Waals surface area (Å²) >= 11 is 1.45. The molecule has 0 spiro atoms. The second kappa shape index (κ2) is 11.1. The van der Waals surface area contributed by atoms with Crippen LogP contribution in [-0.4, -0.2) is 45.7 Å². The summed E-state index contributed by atoms with van der Waals surface area (Å²) in [6.45, 7) is 2.61. The first-order valence-corrected chi connectivity index (χ1v) is 12.5. The van der Waals surface area contributed by atoms with E-state index in [9.17, 15) is 24.2 Å². The lowest BCUT2D eigenvalue weighted by molar-refractivity contribution is -0.153. The predicted molar refractivity (Wildman–Crippen MR) is 132 cm³/mol. The van der Waals surface area contributed by atoms with Crippen LogP contribution < -0.4 is 5.32 Å². The van der Waals surface area contributed by atoms with Crippen LogP contribution in [0.2, 0.25) is 0 Å². The maximum absolute atomic E-state index is 13.1. The number of thiophene rings is 1. The fourth-order valence-corrected chi connectivity index (χ4v) is 5.26. The molecule has 0 radical (unpaired) electrons. The summed E-state index contributed by atoms with van der Waals surface area (Å²) in [6.07, 6.45) is -1.50. The number of benzene rings is 2. The Morgan fingerprint density at radius 3 is 2.63 bits per heavy atom. The second-order valence-electron chi connectivity index (χ2n) is 8.94. The Bertz CT molecular complexity index is 1180. The molecule has 2 aromatic carbocycles. The van der Waals surface area contributed by atoms with Gasteiger partial charge in [-0.2, -0.15) is 0 Å². The van der Waals surface area contributed by atoms with E-state index in [1.165, 1.54) is 23.5 Å². The highest BCUT2D eigenvalue weighted by Crippen LogP contribution is 2.33. The second-order valence-corrected chi connectivity index (χ2v) is 9.93. The van der Waals surface area contributed by atoms with Crippen molar-refractivity contribution in [2.75, 3.05) is 6.54 Å². The lowest BCUT2D eigenvalue weighted by atomic mass is 10.0. The van der Waals surface area contributed by atoms with Gasteiger partial charge in [-0.15, -0.1) is 11.3 Å². The molecule has 3 atom stereocenters. The van der Waals surface area contributed by atoms with E-state index in [0.717, 1.165) is 40.0 Å². The standard InChI is InChI=1S/C27H29FN2O4S/c1-17-4-2-5-20(12-17)23-6-3-11-30(23)27(34)25(32)24(31)26(33)29-15-22-14-19(16-35-22)13-18-7-9-21(28)10-8-18/h2,4-5,7-10,12,14,16,23-25,31-32H,3,6,11,13,15H2,1H3,(H,29,33)/t23?,24-,25-/m1/s1. The van der Waals surface area contributed by atoms with Crippen LogP contribution >= 0.6 is 11.3 Å². The minimum absolute atomic E-state index is 0.167. The quantitative estimate of drug-likeness (QED) is 0.445. The van der Waals surface area contributed by atoms with Gasteiger partial charge in [-0.3, -0.25) is 9.59 Å². The number of halogens is 1. The first-order valence-electron chi connectivity index (χ1n) is 11.6. The number of carbonyl (C=O) groups is 2.